The first-order valence-corrected chi connectivity index (χ1v) is 10.00. The van der Waals surface area contributed by atoms with Gasteiger partial charge in [0.25, 0.3) is 11.5 Å². The SMILES string of the molecule is CNc1cc(Nc2cccn(-c3nn(C)cc3F)c2=O)nc2c(C(=O)NC3CC3)cnn12. The van der Waals surface area contributed by atoms with Gasteiger partial charge in [-0.05, 0) is 25.0 Å². The third-order valence-corrected chi connectivity index (χ3v) is 5.09. The second kappa shape index (κ2) is 7.48. The van der Waals surface area contributed by atoms with Crippen molar-refractivity contribution in [3.63, 3.8) is 0 Å². The van der Waals surface area contributed by atoms with Gasteiger partial charge in [-0.15, -0.1) is 0 Å². The number of carbonyl (C=O) groups excluding carboxylic acids is 1. The lowest BCUT2D eigenvalue weighted by Crippen LogP contribution is -2.25. The summed E-state index contributed by atoms with van der Waals surface area (Å²) in [7, 11) is 3.28. The van der Waals surface area contributed by atoms with Crippen LogP contribution in [0.2, 0.25) is 0 Å². The summed E-state index contributed by atoms with van der Waals surface area (Å²) in [6.07, 6.45) is 6.01. The van der Waals surface area contributed by atoms with Crippen LogP contribution in [0.5, 0.6) is 0 Å². The predicted molar refractivity (Wildman–Crippen MR) is 115 cm³/mol. The number of nitrogens with zero attached hydrogens (tertiary/aromatic N) is 6. The molecular formula is C20H20FN9O2. The van der Waals surface area contributed by atoms with Gasteiger partial charge in [0.1, 0.15) is 22.9 Å². The number of rotatable bonds is 6. The van der Waals surface area contributed by atoms with Crippen molar-refractivity contribution < 1.29 is 9.18 Å². The van der Waals surface area contributed by atoms with E-state index in [1.807, 2.05) is 0 Å². The van der Waals surface area contributed by atoms with Gasteiger partial charge in [-0.1, -0.05) is 0 Å². The van der Waals surface area contributed by atoms with Crippen LogP contribution in [0.25, 0.3) is 11.5 Å². The number of halogens is 1. The van der Waals surface area contributed by atoms with Gasteiger partial charge in [-0.2, -0.15) is 14.7 Å². The second-order valence-electron chi connectivity index (χ2n) is 7.51. The summed E-state index contributed by atoms with van der Waals surface area (Å²) in [4.78, 5) is 30.1. The zero-order valence-corrected chi connectivity index (χ0v) is 17.3. The van der Waals surface area contributed by atoms with Crippen LogP contribution < -0.4 is 21.5 Å². The number of carbonyl (C=O) groups is 1. The molecule has 1 fully saturated rings. The first kappa shape index (κ1) is 19.7. The third-order valence-electron chi connectivity index (χ3n) is 5.09. The molecule has 0 aliphatic heterocycles. The molecule has 12 heteroatoms. The van der Waals surface area contributed by atoms with E-state index >= 15 is 0 Å². The highest BCUT2D eigenvalue weighted by Crippen LogP contribution is 2.23. The molecule has 4 heterocycles. The fourth-order valence-electron chi connectivity index (χ4n) is 3.36. The molecule has 11 nitrogen and oxygen atoms in total. The van der Waals surface area contributed by atoms with Gasteiger partial charge in [0.05, 0.1) is 12.4 Å². The number of aryl methyl sites for hydroxylation is 1. The number of amides is 1. The van der Waals surface area contributed by atoms with Gasteiger partial charge in [0, 0.05) is 32.4 Å². The second-order valence-corrected chi connectivity index (χ2v) is 7.51. The summed E-state index contributed by atoms with van der Waals surface area (Å²) in [5.74, 6) is -0.0827. The van der Waals surface area contributed by atoms with Crippen molar-refractivity contribution in [3.05, 3.63) is 58.5 Å². The number of pyridine rings is 1. The predicted octanol–water partition coefficient (Wildman–Crippen LogP) is 1.43. The molecule has 0 spiro atoms. The minimum Gasteiger partial charge on any atom is -0.373 e. The molecule has 0 radical (unpaired) electrons. The lowest BCUT2D eigenvalue weighted by Gasteiger charge is -2.11. The zero-order chi connectivity index (χ0) is 22.4. The molecule has 1 aliphatic rings. The first-order chi connectivity index (χ1) is 15.4. The number of hydrogen-bond donors (Lipinski definition) is 3. The smallest absolute Gasteiger partial charge is 0.280 e. The molecule has 5 rings (SSSR count). The van der Waals surface area contributed by atoms with Crippen molar-refractivity contribution in [2.24, 2.45) is 7.05 Å². The average molecular weight is 437 g/mol. The minimum atomic E-state index is -0.616. The van der Waals surface area contributed by atoms with E-state index in [9.17, 15) is 14.0 Å². The zero-order valence-electron chi connectivity index (χ0n) is 17.3. The maximum Gasteiger partial charge on any atom is 0.280 e. The Balaban J connectivity index is 1.54. The van der Waals surface area contributed by atoms with E-state index < -0.39 is 11.4 Å². The van der Waals surface area contributed by atoms with E-state index in [0.29, 0.717) is 22.8 Å². The van der Waals surface area contributed by atoms with E-state index in [1.165, 1.54) is 27.8 Å². The Bertz CT molecular complexity index is 1400. The largest absolute Gasteiger partial charge is 0.373 e. The van der Waals surface area contributed by atoms with E-state index in [2.05, 4.69) is 31.1 Å². The van der Waals surface area contributed by atoms with E-state index in [1.54, 1.807) is 32.3 Å². The van der Waals surface area contributed by atoms with E-state index in [4.69, 9.17) is 0 Å². The number of fused-ring (bicyclic) bond motifs is 1. The molecule has 0 bridgehead atoms. The first-order valence-electron chi connectivity index (χ1n) is 10.00. The molecule has 0 atom stereocenters. The minimum absolute atomic E-state index is 0.102. The van der Waals surface area contributed by atoms with Gasteiger partial charge in [0.15, 0.2) is 17.3 Å². The Morgan fingerprint density at radius 2 is 2.12 bits per heavy atom. The molecular weight excluding hydrogens is 417 g/mol. The summed E-state index contributed by atoms with van der Waals surface area (Å²) in [6, 6.07) is 5.00. The van der Waals surface area contributed by atoms with E-state index in [0.717, 1.165) is 17.4 Å². The third kappa shape index (κ3) is 3.45. The van der Waals surface area contributed by atoms with Crippen molar-refractivity contribution in [3.8, 4) is 5.82 Å². The van der Waals surface area contributed by atoms with Crippen molar-refractivity contribution in [1.82, 2.24) is 34.3 Å². The maximum atomic E-state index is 14.2. The average Bonchev–Trinajstić information content (AvgIpc) is 3.37. The lowest BCUT2D eigenvalue weighted by molar-refractivity contribution is 0.0952. The van der Waals surface area contributed by atoms with Crippen LogP contribution in [-0.2, 0) is 7.05 Å². The standard InChI is InChI=1S/C20H20FN9O2/c1-22-16-8-15(26-17-12(9-23-30(16)17)19(31)24-11-5-6-11)25-14-4-3-7-29(20(14)32)18-13(21)10-28(2)27-18/h3-4,7-11,22H,5-6H2,1-2H3,(H,24,31)(H,25,26). The maximum absolute atomic E-state index is 14.2. The van der Waals surface area contributed by atoms with Crippen LogP contribution >= 0.6 is 0 Å². The number of aromatic nitrogens is 6. The van der Waals surface area contributed by atoms with Crippen molar-refractivity contribution >= 4 is 28.9 Å². The topological polar surface area (TPSA) is 123 Å². The summed E-state index contributed by atoms with van der Waals surface area (Å²) >= 11 is 0. The molecule has 164 valence electrons. The summed E-state index contributed by atoms with van der Waals surface area (Å²) in [5.41, 5.74) is 0.334. The lowest BCUT2D eigenvalue weighted by atomic mass is 10.3. The van der Waals surface area contributed by atoms with Crippen LogP contribution in [0.3, 0.4) is 0 Å². The fraction of sp³-hybridized carbons (Fsp3) is 0.250. The highest BCUT2D eigenvalue weighted by atomic mass is 19.1. The van der Waals surface area contributed by atoms with Gasteiger partial charge in [-0.3, -0.25) is 18.8 Å². The van der Waals surface area contributed by atoms with Gasteiger partial charge in [0.2, 0.25) is 0 Å². The molecule has 0 unspecified atom stereocenters. The Labute approximate surface area is 180 Å². The van der Waals surface area contributed by atoms with Crippen LogP contribution in [0, 0.1) is 5.82 Å². The number of nitrogens with one attached hydrogen (secondary N) is 3. The van der Waals surface area contributed by atoms with Gasteiger partial charge >= 0.3 is 0 Å². The molecule has 1 amide bonds. The Morgan fingerprint density at radius 1 is 1.31 bits per heavy atom. The van der Waals surface area contributed by atoms with Gasteiger partial charge < -0.3 is 16.0 Å². The molecule has 3 N–H and O–H groups in total. The molecule has 1 aliphatic carbocycles. The normalized spacial score (nSPS) is 13.3. The van der Waals surface area contributed by atoms with Crippen LogP contribution in [0.15, 0.2) is 41.6 Å². The molecule has 4 aromatic rings. The molecule has 0 aromatic carbocycles. The Kier molecular flexibility index (Phi) is 4.61. The molecule has 1 saturated carbocycles. The van der Waals surface area contributed by atoms with Crippen LogP contribution in [0.4, 0.5) is 21.7 Å². The summed E-state index contributed by atoms with van der Waals surface area (Å²) in [5, 5.41) is 17.2. The Hall–Kier alpha value is -4.22. The molecule has 0 saturated heterocycles. The van der Waals surface area contributed by atoms with E-state index in [-0.39, 0.29) is 23.5 Å². The van der Waals surface area contributed by atoms with Crippen molar-refractivity contribution in [2.45, 2.75) is 18.9 Å². The number of hydrogen-bond acceptors (Lipinski definition) is 7. The van der Waals surface area contributed by atoms with Crippen LogP contribution in [-0.4, -0.2) is 47.9 Å². The highest BCUT2D eigenvalue weighted by Gasteiger charge is 2.26. The summed E-state index contributed by atoms with van der Waals surface area (Å²) in [6.45, 7) is 0. The highest BCUT2D eigenvalue weighted by molar-refractivity contribution is 6.00. The number of anilines is 3. The monoisotopic (exact) mass is 437 g/mol. The molecule has 4 aromatic heterocycles. The quantitative estimate of drug-likeness (QED) is 0.417. The van der Waals surface area contributed by atoms with Crippen molar-refractivity contribution in [2.75, 3.05) is 17.7 Å². The fourth-order valence-corrected chi connectivity index (χ4v) is 3.36. The summed E-state index contributed by atoms with van der Waals surface area (Å²) < 4.78 is 18.1. The van der Waals surface area contributed by atoms with Crippen molar-refractivity contribution in [1.29, 1.82) is 0 Å². The Morgan fingerprint density at radius 3 is 2.81 bits per heavy atom. The molecule has 32 heavy (non-hydrogen) atoms. The van der Waals surface area contributed by atoms with Gasteiger partial charge in [-0.25, -0.2) is 9.37 Å². The van der Waals surface area contributed by atoms with Crippen LogP contribution in [0.1, 0.15) is 23.2 Å².